The number of rotatable bonds is 7. The van der Waals surface area contributed by atoms with Crippen molar-refractivity contribution in [3.63, 3.8) is 0 Å². The lowest BCUT2D eigenvalue weighted by molar-refractivity contribution is 0.0472. The quantitative estimate of drug-likeness (QED) is 0.340. The van der Waals surface area contributed by atoms with Crippen LogP contribution in [0.3, 0.4) is 0 Å². The molecule has 180 valence electrons. The van der Waals surface area contributed by atoms with Crippen LogP contribution in [0.25, 0.3) is 5.69 Å². The summed E-state index contributed by atoms with van der Waals surface area (Å²) in [4.78, 5) is 25.4. The van der Waals surface area contributed by atoms with Gasteiger partial charge in [-0.05, 0) is 55.0 Å². The highest BCUT2D eigenvalue weighted by molar-refractivity contribution is 9.10. The van der Waals surface area contributed by atoms with Crippen molar-refractivity contribution in [2.75, 3.05) is 4.72 Å². The minimum Gasteiger partial charge on any atom is -0.457 e. The van der Waals surface area contributed by atoms with Gasteiger partial charge in [0.2, 0.25) is 0 Å². The first kappa shape index (κ1) is 24.5. The summed E-state index contributed by atoms with van der Waals surface area (Å²) < 4.78 is 37.8. The van der Waals surface area contributed by atoms with Gasteiger partial charge in [-0.1, -0.05) is 52.3 Å². The van der Waals surface area contributed by atoms with Crippen molar-refractivity contribution in [2.24, 2.45) is 7.05 Å². The fraction of sp³-hybridized carbons (Fsp3) is 0.120. The Morgan fingerprint density at radius 1 is 1.00 bits per heavy atom. The summed E-state index contributed by atoms with van der Waals surface area (Å²) in [7, 11) is -2.49. The number of esters is 1. The van der Waals surface area contributed by atoms with Crippen molar-refractivity contribution in [3.05, 3.63) is 111 Å². The lowest BCUT2D eigenvalue weighted by Crippen LogP contribution is -2.23. The highest BCUT2D eigenvalue weighted by atomic mass is 79.9. The maximum absolute atomic E-state index is 13.1. The van der Waals surface area contributed by atoms with E-state index in [2.05, 4.69) is 20.7 Å². The molecule has 0 aliphatic carbocycles. The van der Waals surface area contributed by atoms with Crippen LogP contribution in [0.4, 0.5) is 5.69 Å². The molecular weight excluding hydrogens is 534 g/mol. The molecule has 4 rings (SSSR count). The minimum absolute atomic E-state index is 0.0452. The molecule has 0 atom stereocenters. The fourth-order valence-electron chi connectivity index (χ4n) is 3.48. The molecule has 0 bridgehead atoms. The van der Waals surface area contributed by atoms with E-state index in [0.29, 0.717) is 11.4 Å². The zero-order valence-electron chi connectivity index (χ0n) is 18.9. The summed E-state index contributed by atoms with van der Waals surface area (Å²) >= 11 is 3.35. The second kappa shape index (κ2) is 9.93. The Morgan fingerprint density at radius 3 is 2.37 bits per heavy atom. The molecule has 1 aromatic heterocycles. The Bertz CT molecular complexity index is 1540. The average molecular weight is 556 g/mol. The molecule has 1 heterocycles. The van der Waals surface area contributed by atoms with Crippen LogP contribution in [-0.4, -0.2) is 23.8 Å². The number of para-hydroxylation sites is 1. The first-order valence-electron chi connectivity index (χ1n) is 10.6. The maximum Gasteiger partial charge on any atom is 0.338 e. The van der Waals surface area contributed by atoms with E-state index >= 15 is 0 Å². The van der Waals surface area contributed by atoms with Crippen molar-refractivity contribution >= 4 is 37.6 Å². The summed E-state index contributed by atoms with van der Waals surface area (Å²) in [5.74, 6) is -0.660. The van der Waals surface area contributed by atoms with Crippen LogP contribution in [0.2, 0.25) is 0 Å². The molecule has 35 heavy (non-hydrogen) atoms. The lowest BCUT2D eigenvalue weighted by Gasteiger charge is -2.09. The van der Waals surface area contributed by atoms with E-state index in [1.165, 1.54) is 28.9 Å². The third-order valence-corrected chi connectivity index (χ3v) is 7.33. The Labute approximate surface area is 210 Å². The number of carbonyl (C=O) groups is 1. The molecule has 0 saturated heterocycles. The summed E-state index contributed by atoms with van der Waals surface area (Å²) in [6.07, 6.45) is 0. The predicted molar refractivity (Wildman–Crippen MR) is 136 cm³/mol. The van der Waals surface area contributed by atoms with Crippen molar-refractivity contribution < 1.29 is 17.9 Å². The molecule has 8 nitrogen and oxygen atoms in total. The third-order valence-electron chi connectivity index (χ3n) is 5.45. The van der Waals surface area contributed by atoms with Crippen LogP contribution in [0.5, 0.6) is 0 Å². The van der Waals surface area contributed by atoms with Crippen molar-refractivity contribution in [1.82, 2.24) is 9.36 Å². The van der Waals surface area contributed by atoms with Crippen molar-refractivity contribution in [2.45, 2.75) is 18.4 Å². The van der Waals surface area contributed by atoms with E-state index < -0.39 is 21.6 Å². The number of aromatic nitrogens is 2. The number of carbonyl (C=O) groups excluding carboxylic acids is 1. The molecule has 0 spiro atoms. The first-order chi connectivity index (χ1) is 16.7. The topological polar surface area (TPSA) is 99.4 Å². The largest absolute Gasteiger partial charge is 0.457 e. The number of hydrogen-bond donors (Lipinski definition) is 1. The number of sulfonamides is 1. The van der Waals surface area contributed by atoms with Crippen LogP contribution in [-0.2, 0) is 28.4 Å². The smallest absolute Gasteiger partial charge is 0.338 e. The number of hydrogen-bond acceptors (Lipinski definition) is 5. The zero-order chi connectivity index (χ0) is 25.2. The summed E-state index contributed by atoms with van der Waals surface area (Å²) in [6, 6.07) is 21.7. The van der Waals surface area contributed by atoms with E-state index in [0.717, 1.165) is 10.0 Å². The average Bonchev–Trinajstić information content (AvgIpc) is 3.06. The number of nitrogens with one attached hydrogen (secondary N) is 1. The first-order valence-corrected chi connectivity index (χ1v) is 12.8. The van der Waals surface area contributed by atoms with E-state index in [-0.39, 0.29) is 22.8 Å². The molecule has 4 aromatic rings. The third kappa shape index (κ3) is 5.23. The van der Waals surface area contributed by atoms with E-state index in [1.807, 2.05) is 30.3 Å². The molecule has 0 unspecified atom stereocenters. The summed E-state index contributed by atoms with van der Waals surface area (Å²) in [5, 5.41) is 0. The van der Waals surface area contributed by atoms with E-state index in [4.69, 9.17) is 4.74 Å². The van der Waals surface area contributed by atoms with E-state index in [9.17, 15) is 18.0 Å². The second-order valence-electron chi connectivity index (χ2n) is 7.77. The molecule has 3 aromatic carbocycles. The maximum atomic E-state index is 13.1. The number of anilines is 1. The predicted octanol–water partition coefficient (Wildman–Crippen LogP) is 4.40. The van der Waals surface area contributed by atoms with Crippen LogP contribution < -0.4 is 10.3 Å². The number of benzene rings is 3. The Morgan fingerprint density at radius 2 is 1.69 bits per heavy atom. The molecule has 10 heteroatoms. The minimum atomic E-state index is -4.16. The molecule has 0 saturated carbocycles. The van der Waals surface area contributed by atoms with Gasteiger partial charge < -0.3 is 4.74 Å². The van der Waals surface area contributed by atoms with Gasteiger partial charge in [-0.25, -0.2) is 17.9 Å². The molecular formula is C25H22BrN3O5S. The van der Waals surface area contributed by atoms with Crippen LogP contribution >= 0.6 is 15.9 Å². The summed E-state index contributed by atoms with van der Waals surface area (Å²) in [6.45, 7) is 1.69. The van der Waals surface area contributed by atoms with Gasteiger partial charge >= 0.3 is 5.97 Å². The van der Waals surface area contributed by atoms with Crippen LogP contribution in [0.1, 0.15) is 21.6 Å². The fourth-order valence-corrected chi connectivity index (χ4v) is 4.91. The molecule has 1 N–H and O–H groups in total. The second-order valence-corrected chi connectivity index (χ2v) is 10.4. The highest BCUT2D eigenvalue weighted by Gasteiger charge is 2.23. The lowest BCUT2D eigenvalue weighted by atomic mass is 10.2. The molecule has 0 amide bonds. The van der Waals surface area contributed by atoms with Gasteiger partial charge in [0.15, 0.2) is 0 Å². The van der Waals surface area contributed by atoms with Crippen LogP contribution in [0.15, 0.2) is 93.0 Å². The molecule has 0 aliphatic rings. The van der Waals surface area contributed by atoms with Gasteiger partial charge in [0.05, 0.1) is 21.8 Å². The van der Waals surface area contributed by atoms with Gasteiger partial charge in [0.25, 0.3) is 15.6 Å². The Hall–Kier alpha value is -3.63. The van der Waals surface area contributed by atoms with Gasteiger partial charge in [-0.3, -0.25) is 14.2 Å². The number of ether oxygens (including phenoxy) is 1. The SMILES string of the molecule is Cc1c(NS(=O)(=O)c2cccc(C(=O)OCc3ccc(Br)cc3)c2)c(=O)n(-c2ccccc2)n1C. The number of halogens is 1. The van der Waals surface area contributed by atoms with Crippen molar-refractivity contribution in [1.29, 1.82) is 0 Å². The Kier molecular flexibility index (Phi) is 6.95. The monoisotopic (exact) mass is 555 g/mol. The highest BCUT2D eigenvalue weighted by Crippen LogP contribution is 2.20. The number of nitrogens with zero attached hydrogens (tertiary/aromatic N) is 2. The van der Waals surface area contributed by atoms with Gasteiger partial charge in [-0.15, -0.1) is 0 Å². The molecule has 0 aliphatic heterocycles. The molecule has 0 fully saturated rings. The van der Waals surface area contributed by atoms with Gasteiger partial charge in [0.1, 0.15) is 12.3 Å². The van der Waals surface area contributed by atoms with Gasteiger partial charge in [0, 0.05) is 11.5 Å². The standard InChI is InChI=1S/C25H22BrN3O5S/c1-17-23(24(30)29(28(17)2)21-8-4-3-5-9-21)27-35(32,33)22-10-6-7-19(15-22)25(31)34-16-18-11-13-20(26)14-12-18/h3-15,27H,16H2,1-2H3. The van der Waals surface area contributed by atoms with Crippen molar-refractivity contribution in [3.8, 4) is 5.69 Å². The van der Waals surface area contributed by atoms with Crippen LogP contribution in [0, 0.1) is 6.92 Å². The Balaban J connectivity index is 1.57. The van der Waals surface area contributed by atoms with E-state index in [1.54, 1.807) is 42.9 Å². The molecule has 0 radical (unpaired) electrons. The normalized spacial score (nSPS) is 11.3. The van der Waals surface area contributed by atoms with Gasteiger partial charge in [-0.2, -0.15) is 0 Å². The summed E-state index contributed by atoms with van der Waals surface area (Å²) in [5.41, 5.74) is 1.33. The zero-order valence-corrected chi connectivity index (χ0v) is 21.3.